The molecule has 5 heteroatoms. The Balaban J connectivity index is 2.44. The fourth-order valence-corrected chi connectivity index (χ4v) is 2.86. The minimum Gasteiger partial charge on any atom is -0.390 e. The summed E-state index contributed by atoms with van der Waals surface area (Å²) in [7, 11) is 0. The van der Waals surface area contributed by atoms with Crippen LogP contribution in [-0.4, -0.2) is 10.7 Å². The van der Waals surface area contributed by atoms with E-state index in [2.05, 4.69) is 0 Å². The monoisotopic (exact) mass is 274 g/mol. The van der Waals surface area contributed by atoms with E-state index in [-0.39, 0.29) is 0 Å². The van der Waals surface area contributed by atoms with Crippen molar-refractivity contribution in [2.75, 3.05) is 0 Å². The molecule has 2 rings (SSSR count). The van der Waals surface area contributed by atoms with E-state index in [0.717, 1.165) is 23.1 Å². The minimum absolute atomic E-state index is 0.429. The summed E-state index contributed by atoms with van der Waals surface area (Å²) in [4.78, 5) is 0. The molecule has 1 heterocycles. The van der Waals surface area contributed by atoms with Crippen molar-refractivity contribution >= 4 is 21.4 Å². The molecule has 0 amide bonds. The molecule has 0 saturated carbocycles. The lowest BCUT2D eigenvalue weighted by Crippen LogP contribution is -2.21. The number of halogens is 3. The van der Waals surface area contributed by atoms with Gasteiger partial charge in [0.25, 0.3) is 0 Å². The van der Waals surface area contributed by atoms with Crippen molar-refractivity contribution < 1.29 is 18.3 Å². The van der Waals surface area contributed by atoms with Crippen molar-refractivity contribution in [1.82, 2.24) is 0 Å². The average molecular weight is 274 g/mol. The van der Waals surface area contributed by atoms with Crippen LogP contribution in [0.4, 0.5) is 13.2 Å². The molecule has 0 fully saturated rings. The molecular formula is C13H13F3OS. The van der Waals surface area contributed by atoms with Gasteiger partial charge >= 0.3 is 6.18 Å². The highest BCUT2D eigenvalue weighted by atomic mass is 32.1. The Morgan fingerprint density at radius 2 is 1.89 bits per heavy atom. The molecule has 1 nitrogen and oxygen atoms in total. The summed E-state index contributed by atoms with van der Waals surface area (Å²) in [5.74, 6) is 0. The van der Waals surface area contributed by atoms with Crippen molar-refractivity contribution in [3.63, 3.8) is 0 Å². The smallest absolute Gasteiger partial charge is 0.390 e. The van der Waals surface area contributed by atoms with Gasteiger partial charge in [-0.3, -0.25) is 0 Å². The molecule has 0 aliphatic carbocycles. The fraction of sp³-hybridized carbons (Fsp3) is 0.385. The van der Waals surface area contributed by atoms with E-state index in [0.29, 0.717) is 11.1 Å². The lowest BCUT2D eigenvalue weighted by molar-refractivity contribution is -0.137. The Kier molecular flexibility index (Phi) is 3.15. The third kappa shape index (κ3) is 2.84. The first-order valence-corrected chi connectivity index (χ1v) is 6.34. The fourth-order valence-electron chi connectivity index (χ4n) is 1.86. The van der Waals surface area contributed by atoms with Gasteiger partial charge in [0.1, 0.15) is 0 Å². The van der Waals surface area contributed by atoms with Gasteiger partial charge in [-0.1, -0.05) is 6.07 Å². The van der Waals surface area contributed by atoms with E-state index in [1.807, 2.05) is 5.38 Å². The molecule has 2 aromatic rings. The molecule has 1 N–H and O–H groups in total. The lowest BCUT2D eigenvalue weighted by Gasteiger charge is -2.16. The van der Waals surface area contributed by atoms with Crippen LogP contribution in [0.2, 0.25) is 0 Å². The highest BCUT2D eigenvalue weighted by molar-refractivity contribution is 7.17. The standard InChI is InChI=1S/C13H13F3OS/c1-12(2,17)6-8-7-18-11-5-9(13(14,15)16)3-4-10(8)11/h3-5,7,17H,6H2,1-2H3. The normalized spacial score (nSPS) is 13.2. The second-order valence-electron chi connectivity index (χ2n) is 4.96. The van der Waals surface area contributed by atoms with Crippen LogP contribution in [-0.2, 0) is 12.6 Å². The van der Waals surface area contributed by atoms with Crippen LogP contribution in [0, 0.1) is 0 Å². The molecule has 0 radical (unpaired) electrons. The van der Waals surface area contributed by atoms with Gasteiger partial charge in [0, 0.05) is 11.1 Å². The first-order chi connectivity index (χ1) is 8.17. The van der Waals surface area contributed by atoms with Crippen LogP contribution < -0.4 is 0 Å². The van der Waals surface area contributed by atoms with Gasteiger partial charge in [-0.05, 0) is 42.3 Å². The summed E-state index contributed by atoms with van der Waals surface area (Å²) in [6.45, 7) is 3.36. The second-order valence-corrected chi connectivity index (χ2v) is 5.87. The quantitative estimate of drug-likeness (QED) is 0.868. The molecule has 1 aromatic carbocycles. The molecule has 1 aromatic heterocycles. The van der Waals surface area contributed by atoms with Crippen LogP contribution in [0.1, 0.15) is 25.0 Å². The van der Waals surface area contributed by atoms with E-state index < -0.39 is 17.3 Å². The first kappa shape index (κ1) is 13.4. The minimum atomic E-state index is -4.31. The number of thiophene rings is 1. The van der Waals surface area contributed by atoms with Crippen LogP contribution >= 0.6 is 11.3 Å². The third-order valence-corrected chi connectivity index (χ3v) is 3.60. The van der Waals surface area contributed by atoms with Gasteiger partial charge in [0.15, 0.2) is 0 Å². The Labute approximate surface area is 107 Å². The molecular weight excluding hydrogens is 261 g/mol. The molecule has 0 spiro atoms. The Morgan fingerprint density at radius 3 is 2.44 bits per heavy atom. The van der Waals surface area contributed by atoms with Gasteiger partial charge < -0.3 is 5.11 Å². The molecule has 0 unspecified atom stereocenters. The maximum atomic E-state index is 12.6. The van der Waals surface area contributed by atoms with Crippen molar-refractivity contribution in [2.45, 2.75) is 32.0 Å². The molecule has 0 aliphatic heterocycles. The van der Waals surface area contributed by atoms with Crippen molar-refractivity contribution in [3.8, 4) is 0 Å². The van der Waals surface area contributed by atoms with E-state index in [1.165, 1.54) is 17.4 Å². The number of hydrogen-bond donors (Lipinski definition) is 1. The van der Waals surface area contributed by atoms with Gasteiger partial charge in [-0.15, -0.1) is 11.3 Å². The zero-order valence-corrected chi connectivity index (χ0v) is 10.8. The van der Waals surface area contributed by atoms with E-state index in [9.17, 15) is 18.3 Å². The lowest BCUT2D eigenvalue weighted by atomic mass is 9.98. The average Bonchev–Trinajstić information content (AvgIpc) is 2.57. The van der Waals surface area contributed by atoms with Crippen molar-refractivity contribution in [2.24, 2.45) is 0 Å². The summed E-state index contributed by atoms with van der Waals surface area (Å²) in [5, 5.41) is 12.4. The van der Waals surface area contributed by atoms with Crippen LogP contribution in [0.5, 0.6) is 0 Å². The van der Waals surface area contributed by atoms with E-state index in [4.69, 9.17) is 0 Å². The molecule has 0 atom stereocenters. The maximum absolute atomic E-state index is 12.6. The molecule has 0 saturated heterocycles. The second kappa shape index (κ2) is 4.24. The molecule has 0 aliphatic rings. The topological polar surface area (TPSA) is 20.2 Å². The molecule has 98 valence electrons. The van der Waals surface area contributed by atoms with Crippen LogP contribution in [0.3, 0.4) is 0 Å². The van der Waals surface area contributed by atoms with E-state index in [1.54, 1.807) is 13.8 Å². The predicted octanol–water partition coefficient (Wildman–Crippen LogP) is 4.23. The number of rotatable bonds is 2. The zero-order valence-electron chi connectivity index (χ0n) is 10.0. The van der Waals surface area contributed by atoms with Crippen molar-refractivity contribution in [3.05, 3.63) is 34.7 Å². The highest BCUT2D eigenvalue weighted by Gasteiger charge is 2.30. The largest absolute Gasteiger partial charge is 0.416 e. The Hall–Kier alpha value is -1.07. The molecule has 18 heavy (non-hydrogen) atoms. The zero-order chi connectivity index (χ0) is 13.6. The summed E-state index contributed by atoms with van der Waals surface area (Å²) < 4.78 is 38.3. The van der Waals surface area contributed by atoms with Crippen molar-refractivity contribution in [1.29, 1.82) is 0 Å². The number of aliphatic hydroxyl groups is 1. The number of benzene rings is 1. The summed E-state index contributed by atoms with van der Waals surface area (Å²) in [6.07, 6.45) is -3.88. The van der Waals surface area contributed by atoms with Gasteiger partial charge in [0.05, 0.1) is 11.2 Å². The van der Waals surface area contributed by atoms with Crippen LogP contribution in [0.25, 0.3) is 10.1 Å². The first-order valence-electron chi connectivity index (χ1n) is 5.46. The number of fused-ring (bicyclic) bond motifs is 1. The van der Waals surface area contributed by atoms with Gasteiger partial charge in [0.2, 0.25) is 0 Å². The van der Waals surface area contributed by atoms with Gasteiger partial charge in [-0.2, -0.15) is 13.2 Å². The summed E-state index contributed by atoms with van der Waals surface area (Å²) >= 11 is 1.27. The summed E-state index contributed by atoms with van der Waals surface area (Å²) in [5.41, 5.74) is -0.612. The number of alkyl halides is 3. The third-order valence-electron chi connectivity index (χ3n) is 2.61. The van der Waals surface area contributed by atoms with Gasteiger partial charge in [-0.25, -0.2) is 0 Å². The summed E-state index contributed by atoms with van der Waals surface area (Å²) in [6, 6.07) is 3.73. The number of hydrogen-bond acceptors (Lipinski definition) is 2. The SMILES string of the molecule is CC(C)(O)Cc1csc2cc(C(F)(F)F)ccc12. The van der Waals surface area contributed by atoms with Crippen LogP contribution in [0.15, 0.2) is 23.6 Å². The molecule has 0 bridgehead atoms. The van der Waals surface area contributed by atoms with E-state index >= 15 is 0 Å². The Bertz CT molecular complexity index is 564. The maximum Gasteiger partial charge on any atom is 0.416 e. The highest BCUT2D eigenvalue weighted by Crippen LogP contribution is 2.35. The Morgan fingerprint density at radius 1 is 1.22 bits per heavy atom. The predicted molar refractivity (Wildman–Crippen MR) is 66.8 cm³/mol.